The number of halogens is 2. The van der Waals surface area contributed by atoms with Crippen LogP contribution in [0.5, 0.6) is 5.75 Å². The first-order chi connectivity index (χ1) is 13.9. The highest BCUT2D eigenvalue weighted by Gasteiger charge is 2.38. The average molecular weight is 498 g/mol. The Balaban J connectivity index is 0.00000218. The number of rotatable bonds is 3. The SMILES string of the molecule is Br.N[C@@H]1C=CC[C@@H]2CN(c3ncc4c(=O)c(OC(=O)O)cn(C5CC5)c4c3Cl)C[C@@H]21. The summed E-state index contributed by atoms with van der Waals surface area (Å²) in [5.41, 5.74) is 6.32. The van der Waals surface area contributed by atoms with Gasteiger partial charge >= 0.3 is 6.16 Å². The predicted octanol–water partition coefficient (Wildman–Crippen LogP) is 3.36. The average Bonchev–Trinajstić information content (AvgIpc) is 3.43. The van der Waals surface area contributed by atoms with Gasteiger partial charge in [0.25, 0.3) is 0 Å². The molecule has 0 radical (unpaired) electrons. The molecule has 0 amide bonds. The third kappa shape index (κ3) is 3.48. The second-order valence-corrected chi connectivity index (χ2v) is 8.44. The van der Waals surface area contributed by atoms with E-state index in [0.717, 1.165) is 32.4 Å². The number of carbonyl (C=O) groups is 1. The molecule has 2 aromatic heterocycles. The number of hydrogen-bond acceptors (Lipinski definition) is 6. The van der Waals surface area contributed by atoms with Gasteiger partial charge in [-0.25, -0.2) is 9.78 Å². The molecule has 2 aliphatic carbocycles. The molecule has 2 fully saturated rings. The van der Waals surface area contributed by atoms with Crippen LogP contribution in [0.4, 0.5) is 10.6 Å². The van der Waals surface area contributed by atoms with Crippen LogP contribution in [0.3, 0.4) is 0 Å². The largest absolute Gasteiger partial charge is 0.511 e. The molecule has 1 saturated carbocycles. The van der Waals surface area contributed by atoms with Crippen LogP contribution in [0.15, 0.2) is 29.3 Å². The van der Waals surface area contributed by atoms with Crippen molar-refractivity contribution in [1.29, 1.82) is 0 Å². The molecule has 0 aromatic carbocycles. The van der Waals surface area contributed by atoms with E-state index in [1.165, 1.54) is 12.4 Å². The van der Waals surface area contributed by atoms with E-state index in [2.05, 4.69) is 22.0 Å². The molecule has 10 heteroatoms. The van der Waals surface area contributed by atoms with E-state index < -0.39 is 11.6 Å². The molecule has 3 N–H and O–H groups in total. The number of ether oxygens (including phenoxy) is 1. The van der Waals surface area contributed by atoms with Crippen molar-refractivity contribution in [3.63, 3.8) is 0 Å². The Bertz CT molecular complexity index is 1100. The van der Waals surface area contributed by atoms with Crippen LogP contribution in [-0.2, 0) is 0 Å². The quantitative estimate of drug-likeness (QED) is 0.494. The topological polar surface area (TPSA) is 111 Å². The molecule has 160 valence electrons. The summed E-state index contributed by atoms with van der Waals surface area (Å²) in [6.45, 7) is 1.58. The van der Waals surface area contributed by atoms with Crippen LogP contribution in [0.1, 0.15) is 25.3 Å². The van der Waals surface area contributed by atoms with Crippen molar-refractivity contribution in [1.82, 2.24) is 9.55 Å². The highest BCUT2D eigenvalue weighted by Crippen LogP contribution is 2.42. The van der Waals surface area contributed by atoms with Gasteiger partial charge in [-0.2, -0.15) is 0 Å². The third-order valence-corrected chi connectivity index (χ3v) is 6.53. The molecule has 8 nitrogen and oxygen atoms in total. The van der Waals surface area contributed by atoms with Gasteiger partial charge in [0.1, 0.15) is 10.8 Å². The van der Waals surface area contributed by atoms with Crippen molar-refractivity contribution in [2.75, 3.05) is 18.0 Å². The van der Waals surface area contributed by atoms with E-state index in [4.69, 9.17) is 27.2 Å². The van der Waals surface area contributed by atoms with Crippen molar-refractivity contribution < 1.29 is 14.6 Å². The zero-order chi connectivity index (χ0) is 20.3. The number of fused-ring (bicyclic) bond motifs is 2. The van der Waals surface area contributed by atoms with Gasteiger partial charge < -0.3 is 25.0 Å². The molecule has 3 aliphatic rings. The first-order valence-corrected chi connectivity index (χ1v) is 10.1. The van der Waals surface area contributed by atoms with E-state index in [1.807, 2.05) is 4.57 Å². The smallest absolute Gasteiger partial charge is 0.449 e. The number of hydrogen-bond donors (Lipinski definition) is 2. The third-order valence-electron chi connectivity index (χ3n) is 6.18. The monoisotopic (exact) mass is 496 g/mol. The summed E-state index contributed by atoms with van der Waals surface area (Å²) in [4.78, 5) is 30.4. The molecule has 3 heterocycles. The van der Waals surface area contributed by atoms with Crippen LogP contribution in [0.25, 0.3) is 10.9 Å². The van der Waals surface area contributed by atoms with Gasteiger partial charge in [0.05, 0.1) is 17.1 Å². The minimum Gasteiger partial charge on any atom is -0.449 e. The summed E-state index contributed by atoms with van der Waals surface area (Å²) in [5, 5.41) is 9.61. The number of carboxylic acid groups (broad SMARTS) is 1. The normalized spacial score (nSPS) is 25.1. The number of anilines is 1. The summed E-state index contributed by atoms with van der Waals surface area (Å²) in [7, 11) is 0. The molecule has 0 spiro atoms. The van der Waals surface area contributed by atoms with Gasteiger partial charge in [-0.05, 0) is 31.1 Å². The summed E-state index contributed by atoms with van der Waals surface area (Å²) >= 11 is 6.79. The van der Waals surface area contributed by atoms with Crippen molar-refractivity contribution in [2.45, 2.75) is 31.3 Å². The van der Waals surface area contributed by atoms with E-state index in [-0.39, 0.29) is 40.2 Å². The summed E-state index contributed by atoms with van der Waals surface area (Å²) in [5.74, 6) is 1.22. The molecule has 1 saturated heterocycles. The first kappa shape index (κ1) is 21.1. The maximum absolute atomic E-state index is 12.8. The van der Waals surface area contributed by atoms with E-state index in [1.54, 1.807) is 0 Å². The van der Waals surface area contributed by atoms with Crippen LogP contribution in [0.2, 0.25) is 5.02 Å². The van der Waals surface area contributed by atoms with Crippen LogP contribution >= 0.6 is 28.6 Å². The predicted molar refractivity (Wildman–Crippen MR) is 119 cm³/mol. The molecule has 0 unspecified atom stereocenters. The standard InChI is InChI=1S/C20H21ClN4O4.BrH/c21-16-17-12(18(26)15(29-20(27)28)9-25(17)11-4-5-11)6-23-19(16)24-7-10-2-1-3-14(22)13(10)8-24;/h1,3,6,9-11,13-14H,2,4-5,7-8,22H2,(H,27,28);1H/t10-,13+,14-;/m1./s1. The van der Waals surface area contributed by atoms with Gasteiger partial charge in [-0.1, -0.05) is 23.8 Å². The Morgan fingerprint density at radius 2 is 2.10 bits per heavy atom. The van der Waals surface area contributed by atoms with Crippen LogP contribution in [0, 0.1) is 11.8 Å². The summed E-state index contributed by atoms with van der Waals surface area (Å²) in [6, 6.07) is 0.194. The number of pyridine rings is 2. The lowest BCUT2D eigenvalue weighted by molar-refractivity contribution is 0.143. The maximum Gasteiger partial charge on any atom is 0.511 e. The molecule has 1 aliphatic heterocycles. The van der Waals surface area contributed by atoms with Crippen LogP contribution < -0.4 is 20.8 Å². The lowest BCUT2D eigenvalue weighted by Gasteiger charge is -2.25. The zero-order valence-electron chi connectivity index (χ0n) is 16.0. The Morgan fingerprint density at radius 3 is 2.77 bits per heavy atom. The van der Waals surface area contributed by atoms with Crippen molar-refractivity contribution >= 4 is 51.5 Å². The fourth-order valence-electron chi connectivity index (χ4n) is 4.60. The Morgan fingerprint density at radius 1 is 1.33 bits per heavy atom. The van der Waals surface area contributed by atoms with E-state index in [9.17, 15) is 9.59 Å². The maximum atomic E-state index is 12.8. The minimum absolute atomic E-state index is 0. The second-order valence-electron chi connectivity index (χ2n) is 8.06. The molecule has 2 aromatic rings. The molecule has 3 atom stereocenters. The zero-order valence-corrected chi connectivity index (χ0v) is 18.5. The van der Waals surface area contributed by atoms with Crippen molar-refractivity contribution in [3.05, 3.63) is 39.8 Å². The minimum atomic E-state index is -1.52. The number of allylic oxidation sites excluding steroid dienone is 1. The molecular weight excluding hydrogens is 476 g/mol. The Kier molecular flexibility index (Phi) is 5.54. The van der Waals surface area contributed by atoms with Gasteiger partial charge in [0, 0.05) is 31.4 Å². The highest BCUT2D eigenvalue weighted by molar-refractivity contribution is 8.93. The van der Waals surface area contributed by atoms with Gasteiger partial charge in [-0.3, -0.25) is 4.79 Å². The van der Waals surface area contributed by atoms with Gasteiger partial charge in [-0.15, -0.1) is 17.0 Å². The molecule has 30 heavy (non-hydrogen) atoms. The molecule has 0 bridgehead atoms. The van der Waals surface area contributed by atoms with E-state index >= 15 is 0 Å². The lowest BCUT2D eigenvalue weighted by atomic mass is 9.83. The number of nitrogens with zero attached hydrogens (tertiary/aromatic N) is 3. The first-order valence-electron chi connectivity index (χ1n) is 9.75. The van der Waals surface area contributed by atoms with Crippen molar-refractivity contribution in [2.24, 2.45) is 17.6 Å². The Labute approximate surface area is 188 Å². The van der Waals surface area contributed by atoms with Crippen LogP contribution in [-0.4, -0.2) is 39.9 Å². The fourth-order valence-corrected chi connectivity index (χ4v) is 4.97. The Hall–Kier alpha value is -2.10. The summed E-state index contributed by atoms with van der Waals surface area (Å²) in [6.07, 6.45) is 8.48. The number of aromatic nitrogens is 2. The molecule has 5 rings (SSSR count). The van der Waals surface area contributed by atoms with Gasteiger partial charge in [0.2, 0.25) is 5.43 Å². The second kappa shape index (κ2) is 7.86. The van der Waals surface area contributed by atoms with Gasteiger partial charge in [0.15, 0.2) is 5.75 Å². The highest BCUT2D eigenvalue weighted by atomic mass is 79.9. The van der Waals surface area contributed by atoms with Crippen molar-refractivity contribution in [3.8, 4) is 5.75 Å². The lowest BCUT2D eigenvalue weighted by Crippen LogP contribution is -2.35. The summed E-state index contributed by atoms with van der Waals surface area (Å²) < 4.78 is 6.56. The number of nitrogens with two attached hydrogens (primary N) is 1. The fraction of sp³-hybridized carbons (Fsp3) is 0.450. The van der Waals surface area contributed by atoms with E-state index in [0.29, 0.717) is 28.2 Å². The molecular formula is C20H22BrClN4O4.